The molecular formula is C50H65N5O12Si. The number of ether oxygens (including phenoxy) is 7. The topological polar surface area (TPSA) is 187 Å². The van der Waals surface area contributed by atoms with Crippen molar-refractivity contribution in [1.29, 1.82) is 0 Å². The van der Waals surface area contributed by atoms with Crippen LogP contribution in [0.3, 0.4) is 0 Å². The van der Waals surface area contributed by atoms with Crippen LogP contribution in [-0.2, 0) is 33.7 Å². The first-order chi connectivity index (χ1) is 32.4. The Bertz CT molecular complexity index is 2630. The van der Waals surface area contributed by atoms with E-state index in [1.54, 1.807) is 28.4 Å². The van der Waals surface area contributed by atoms with Gasteiger partial charge < -0.3 is 42.5 Å². The quantitative estimate of drug-likeness (QED) is 0.0807. The molecule has 0 radical (unpaired) electrons. The monoisotopic (exact) mass is 955 g/mol. The summed E-state index contributed by atoms with van der Waals surface area (Å²) in [6.07, 6.45) is -1.52. The smallest absolute Gasteiger partial charge is 0.330 e. The van der Waals surface area contributed by atoms with Gasteiger partial charge in [-0.2, -0.15) is 0 Å². The Morgan fingerprint density at radius 3 is 1.60 bits per heavy atom. The lowest BCUT2D eigenvalue weighted by molar-refractivity contribution is -0.0932. The van der Waals surface area contributed by atoms with E-state index in [4.69, 9.17) is 37.6 Å². The maximum absolute atomic E-state index is 13.4. The Balaban J connectivity index is 1.23. The molecule has 0 aliphatic carbocycles. The van der Waals surface area contributed by atoms with Crippen molar-refractivity contribution in [2.45, 2.75) is 93.9 Å². The third-order valence-corrected chi connectivity index (χ3v) is 18.3. The number of hydrogen-bond donors (Lipinski definition) is 2. The van der Waals surface area contributed by atoms with Crippen molar-refractivity contribution >= 4 is 8.32 Å². The van der Waals surface area contributed by atoms with Crippen LogP contribution < -0.4 is 32.0 Å². The number of methoxy groups -OCH3 is 4. The van der Waals surface area contributed by atoms with Gasteiger partial charge in [-0.25, -0.2) is 9.59 Å². The molecule has 68 heavy (non-hydrogen) atoms. The number of nitrogens with zero attached hydrogens (tertiary/aromatic N) is 3. The van der Waals surface area contributed by atoms with E-state index in [0.717, 1.165) is 16.7 Å². The number of aromatic amines is 2. The van der Waals surface area contributed by atoms with Crippen molar-refractivity contribution < 1.29 is 37.6 Å². The second-order valence-electron chi connectivity index (χ2n) is 18.9. The Kier molecular flexibility index (Phi) is 15.6. The number of hydrogen-bond acceptors (Lipinski definition) is 13. The molecule has 0 unspecified atom stereocenters. The molecule has 366 valence electrons. The Morgan fingerprint density at radius 1 is 0.647 bits per heavy atom. The summed E-state index contributed by atoms with van der Waals surface area (Å²) < 4.78 is 54.1. The first kappa shape index (κ1) is 50.4. The summed E-state index contributed by atoms with van der Waals surface area (Å²) in [7, 11) is 5.95. The molecule has 2 N–H and O–H groups in total. The number of H-pyrrole nitrogens is 2. The van der Waals surface area contributed by atoms with Gasteiger partial charge in [0, 0.05) is 51.2 Å². The Morgan fingerprint density at radius 2 is 1.13 bits per heavy atom. The number of rotatable bonds is 19. The third kappa shape index (κ3) is 10.4. The zero-order valence-corrected chi connectivity index (χ0v) is 41.5. The van der Waals surface area contributed by atoms with Gasteiger partial charge in [-0.1, -0.05) is 75.4 Å². The van der Waals surface area contributed by atoms with Gasteiger partial charge in [-0.15, -0.1) is 0 Å². The van der Waals surface area contributed by atoms with Gasteiger partial charge in [0.2, 0.25) is 0 Å². The molecule has 2 aliphatic rings. The average molecular weight is 956 g/mol. The summed E-state index contributed by atoms with van der Waals surface area (Å²) in [5.74, 6) is 1.02. The van der Waals surface area contributed by atoms with Gasteiger partial charge >= 0.3 is 11.4 Å². The highest BCUT2D eigenvalue weighted by atomic mass is 28.4. The highest BCUT2D eigenvalue weighted by Crippen LogP contribution is 2.45. The van der Waals surface area contributed by atoms with E-state index in [1.165, 1.54) is 33.7 Å². The first-order valence-electron chi connectivity index (χ1n) is 22.8. The van der Waals surface area contributed by atoms with Crippen LogP contribution in [0.2, 0.25) is 18.1 Å². The summed E-state index contributed by atoms with van der Waals surface area (Å²) in [5.41, 5.74) is -0.922. The van der Waals surface area contributed by atoms with E-state index in [1.807, 2.05) is 85.9 Å². The molecule has 2 aromatic heterocycles. The Labute approximate surface area is 397 Å². The molecule has 3 aromatic carbocycles. The molecule has 5 aromatic rings. The van der Waals surface area contributed by atoms with Crippen LogP contribution in [0, 0.1) is 5.92 Å². The van der Waals surface area contributed by atoms with Gasteiger partial charge in [0.05, 0.1) is 26.9 Å². The largest absolute Gasteiger partial charge is 0.497 e. The molecule has 8 atom stereocenters. The zero-order valence-electron chi connectivity index (χ0n) is 40.5. The van der Waals surface area contributed by atoms with Gasteiger partial charge in [0.25, 0.3) is 11.1 Å². The fourth-order valence-electron chi connectivity index (χ4n) is 9.10. The van der Waals surface area contributed by atoms with E-state index < -0.39 is 79.4 Å². The number of nitrogens with one attached hydrogen (secondary N) is 2. The molecule has 4 heterocycles. The van der Waals surface area contributed by atoms with Crippen LogP contribution in [0.4, 0.5) is 0 Å². The molecule has 18 heteroatoms. The van der Waals surface area contributed by atoms with Gasteiger partial charge in [-0.3, -0.25) is 28.7 Å². The van der Waals surface area contributed by atoms with Gasteiger partial charge in [0.1, 0.15) is 41.5 Å². The molecule has 0 bridgehead atoms. The lowest BCUT2D eigenvalue weighted by Gasteiger charge is -2.41. The normalized spacial score (nSPS) is 23.3. The fourth-order valence-corrected chi connectivity index (χ4v) is 10.4. The van der Waals surface area contributed by atoms with Crippen molar-refractivity contribution in [3.63, 3.8) is 0 Å². The SMILES string of the molecule is COc1ccc(C(OC[C@H]2O[C@@H](n3ccc(=O)[nH]c3=O)[C@H](OC)[C@@H]2CCN(C)C[C@H]2O[C@@H](n3ccc(=O)[nH]c3=O)[C@H](OC)[C@@H]2O[Si](C)(C)C(C)(C)C)(c2ccccc2)c2ccc(OC)cc2)cc1. The zero-order chi connectivity index (χ0) is 49.0. The van der Waals surface area contributed by atoms with Crippen LogP contribution >= 0.6 is 0 Å². The maximum Gasteiger partial charge on any atom is 0.330 e. The molecular weight excluding hydrogens is 891 g/mol. The van der Waals surface area contributed by atoms with Crippen LogP contribution in [0.5, 0.6) is 11.5 Å². The lowest BCUT2D eigenvalue weighted by atomic mass is 9.79. The minimum absolute atomic E-state index is 0.0507. The minimum Gasteiger partial charge on any atom is -0.497 e. The van der Waals surface area contributed by atoms with Crippen molar-refractivity contribution in [2.75, 3.05) is 55.2 Å². The summed E-state index contributed by atoms with van der Waals surface area (Å²) in [6.45, 7) is 11.7. The van der Waals surface area contributed by atoms with Gasteiger partial charge in [-0.05, 0) is 79.1 Å². The molecule has 17 nitrogen and oxygen atoms in total. The van der Waals surface area contributed by atoms with Crippen LogP contribution in [0.1, 0.15) is 56.3 Å². The fraction of sp³-hybridized carbons (Fsp3) is 0.480. The van der Waals surface area contributed by atoms with Crippen LogP contribution in [-0.4, -0.2) is 118 Å². The maximum atomic E-state index is 13.4. The lowest BCUT2D eigenvalue weighted by Crippen LogP contribution is -2.51. The van der Waals surface area contributed by atoms with Crippen molar-refractivity contribution in [2.24, 2.45) is 5.92 Å². The summed E-state index contributed by atoms with van der Waals surface area (Å²) in [6, 6.07) is 28.0. The van der Waals surface area contributed by atoms with E-state index in [0.29, 0.717) is 31.0 Å². The molecule has 7 rings (SSSR count). The minimum atomic E-state index is -2.43. The molecule has 0 saturated carbocycles. The van der Waals surface area contributed by atoms with Crippen molar-refractivity contribution in [3.05, 3.63) is 162 Å². The molecule has 2 aliphatic heterocycles. The average Bonchev–Trinajstić information content (AvgIpc) is 3.84. The standard InChI is InChI=1S/C50H65N5O12Si/c1-49(2,3)68(9,10)67-43-38(65-46(44(43)63-8)55-29-26-41(57)52-48(55)59)30-53(4)27-24-37-39(66-45(42(37)62-7)54-28-25-40(56)51-47(54)58)31-64-50(32-14-12-11-13-15-32,33-16-20-35(60-5)21-17-33)34-18-22-36(61-6)23-19-34/h11-23,25-26,28-29,37-39,42-46H,24,27,30-31H2,1-10H3,(H,51,56,58)(H,52,57,59)/t37-,38-,39-,42-,43-,44-,45-,46-/m1/s1. The molecule has 0 amide bonds. The summed E-state index contributed by atoms with van der Waals surface area (Å²) >= 11 is 0. The number of aromatic nitrogens is 4. The second-order valence-corrected chi connectivity index (χ2v) is 23.7. The molecule has 2 saturated heterocycles. The highest BCUT2D eigenvalue weighted by Gasteiger charge is 2.52. The second kappa shape index (κ2) is 21.0. The van der Waals surface area contributed by atoms with E-state index in [-0.39, 0.29) is 17.6 Å². The predicted molar refractivity (Wildman–Crippen MR) is 258 cm³/mol. The van der Waals surface area contributed by atoms with E-state index >= 15 is 0 Å². The van der Waals surface area contributed by atoms with Gasteiger partial charge in [0.15, 0.2) is 20.8 Å². The van der Waals surface area contributed by atoms with Crippen LogP contribution in [0.15, 0.2) is 123 Å². The van der Waals surface area contributed by atoms with Crippen molar-refractivity contribution in [1.82, 2.24) is 24.0 Å². The highest BCUT2D eigenvalue weighted by molar-refractivity contribution is 6.74. The first-order valence-corrected chi connectivity index (χ1v) is 25.7. The predicted octanol–water partition coefficient (Wildman–Crippen LogP) is 5.27. The van der Waals surface area contributed by atoms with Crippen molar-refractivity contribution in [3.8, 4) is 11.5 Å². The van der Waals surface area contributed by atoms with Crippen LogP contribution in [0.25, 0.3) is 0 Å². The van der Waals surface area contributed by atoms with E-state index in [2.05, 4.69) is 48.7 Å². The Hall–Kier alpha value is -5.44. The third-order valence-electron chi connectivity index (χ3n) is 13.8. The summed E-state index contributed by atoms with van der Waals surface area (Å²) in [4.78, 5) is 57.6. The molecule has 2 fully saturated rings. The number of likely N-dealkylation sites (N-methyl/N-ethyl adjacent to an activating group) is 1. The van der Waals surface area contributed by atoms with E-state index in [9.17, 15) is 19.2 Å². The number of benzene rings is 3. The molecule has 0 spiro atoms. The summed E-state index contributed by atoms with van der Waals surface area (Å²) in [5, 5.41) is -0.146.